The lowest BCUT2D eigenvalue weighted by atomic mass is 10.2. The quantitative estimate of drug-likeness (QED) is 0.755. The van der Waals surface area contributed by atoms with Gasteiger partial charge in [-0.15, -0.1) is 10.2 Å². The van der Waals surface area contributed by atoms with Gasteiger partial charge in [-0.1, -0.05) is 39.8 Å². The molecule has 1 aromatic carbocycles. The fourth-order valence-corrected chi connectivity index (χ4v) is 3.33. The van der Waals surface area contributed by atoms with Gasteiger partial charge in [-0.3, -0.25) is 5.43 Å². The van der Waals surface area contributed by atoms with Gasteiger partial charge in [0.15, 0.2) is 5.82 Å². The Morgan fingerprint density at radius 2 is 1.95 bits per heavy atom. The van der Waals surface area contributed by atoms with Crippen LogP contribution in [0.25, 0.3) is 5.70 Å². The first kappa shape index (κ1) is 15.6. The van der Waals surface area contributed by atoms with Crippen LogP contribution in [0.1, 0.15) is 30.7 Å². The predicted octanol–water partition coefficient (Wildman–Crippen LogP) is 2.64. The average molecular weight is 381 g/mol. The van der Waals surface area contributed by atoms with E-state index in [0.29, 0.717) is 0 Å². The van der Waals surface area contributed by atoms with Gasteiger partial charge in [0.2, 0.25) is 5.16 Å². The van der Waals surface area contributed by atoms with Crippen LogP contribution in [0.2, 0.25) is 0 Å². The number of benzene rings is 1. The zero-order valence-electron chi connectivity index (χ0n) is 12.3. The second-order valence-corrected chi connectivity index (χ2v) is 6.92. The van der Waals surface area contributed by atoms with Gasteiger partial charge in [-0.25, -0.2) is 4.68 Å². The van der Waals surface area contributed by atoms with Gasteiger partial charge in [-0.05, 0) is 31.4 Å². The molecule has 3 rings (SSSR count). The summed E-state index contributed by atoms with van der Waals surface area (Å²) in [6.45, 7) is 1.00. The fourth-order valence-electron chi connectivity index (χ4n) is 2.31. The van der Waals surface area contributed by atoms with Crippen LogP contribution in [-0.2, 0) is 6.42 Å². The second kappa shape index (κ2) is 7.30. The topological polar surface area (TPSA) is 70.4 Å². The minimum absolute atomic E-state index is 0.896. The Hall–Kier alpha value is -1.31. The van der Waals surface area contributed by atoms with E-state index < -0.39 is 0 Å². The molecule has 0 atom stereocenters. The number of hydrogen-bond donors (Lipinski definition) is 2. The van der Waals surface area contributed by atoms with Gasteiger partial charge in [0.1, 0.15) is 0 Å². The highest BCUT2D eigenvalue weighted by molar-refractivity contribution is 9.10. The molecule has 0 radical (unpaired) electrons. The van der Waals surface area contributed by atoms with Crippen LogP contribution >= 0.6 is 27.7 Å². The van der Waals surface area contributed by atoms with Crippen LogP contribution < -0.4 is 11.2 Å². The first-order valence-electron chi connectivity index (χ1n) is 7.41. The van der Waals surface area contributed by atoms with Crippen LogP contribution in [0.4, 0.5) is 0 Å². The Labute approximate surface area is 142 Å². The molecule has 5 nitrogen and oxygen atoms in total. The van der Waals surface area contributed by atoms with E-state index in [0.717, 1.165) is 46.1 Å². The molecule has 0 aliphatic carbocycles. The van der Waals surface area contributed by atoms with Crippen molar-refractivity contribution in [2.45, 2.75) is 30.8 Å². The molecule has 0 saturated heterocycles. The van der Waals surface area contributed by atoms with E-state index in [1.807, 2.05) is 16.8 Å². The number of halogens is 1. The maximum atomic E-state index is 4.31. The van der Waals surface area contributed by atoms with E-state index in [4.69, 9.17) is 0 Å². The van der Waals surface area contributed by atoms with Crippen molar-refractivity contribution in [3.8, 4) is 0 Å². The molecule has 0 saturated carbocycles. The van der Waals surface area contributed by atoms with Crippen molar-refractivity contribution >= 4 is 33.4 Å². The second-order valence-electron chi connectivity index (χ2n) is 5.17. The van der Waals surface area contributed by atoms with Gasteiger partial charge >= 0.3 is 0 Å². The van der Waals surface area contributed by atoms with E-state index in [9.17, 15) is 0 Å². The minimum atomic E-state index is 0.896. The Bertz CT molecular complexity index is 665. The molecule has 2 heterocycles. The number of aryl methyl sites for hydroxylation is 1. The van der Waals surface area contributed by atoms with Crippen molar-refractivity contribution in [2.75, 3.05) is 12.0 Å². The smallest absolute Gasteiger partial charge is 0.214 e. The summed E-state index contributed by atoms with van der Waals surface area (Å²) in [5, 5.41) is 11.5. The summed E-state index contributed by atoms with van der Waals surface area (Å²) in [7, 11) is 0. The SMILES string of the molecule is [NH3+]CCCCCc1nnc2n1NC(c1ccc(Br)cc1)=CS2. The standard InChI is InChI=1S/C15H18BrN5S/c16-12-7-5-11(6-8-12)13-10-22-15-19-18-14(21(15)20-13)4-2-1-3-9-17/h5-8,10,20H,1-4,9,17H2/p+1. The highest BCUT2D eigenvalue weighted by Crippen LogP contribution is 2.29. The molecule has 0 unspecified atom stereocenters. The van der Waals surface area contributed by atoms with Crippen molar-refractivity contribution < 1.29 is 5.73 Å². The van der Waals surface area contributed by atoms with Gasteiger partial charge in [0, 0.05) is 21.9 Å². The normalized spacial score (nSPS) is 13.5. The summed E-state index contributed by atoms with van der Waals surface area (Å²) in [6.07, 6.45) is 4.42. The van der Waals surface area contributed by atoms with Crippen LogP contribution in [-0.4, -0.2) is 21.4 Å². The zero-order chi connectivity index (χ0) is 15.4. The summed E-state index contributed by atoms with van der Waals surface area (Å²) in [4.78, 5) is 0. The maximum absolute atomic E-state index is 4.31. The number of unbranched alkanes of at least 4 members (excludes halogenated alkanes) is 2. The summed E-state index contributed by atoms with van der Waals surface area (Å²) < 4.78 is 3.09. The summed E-state index contributed by atoms with van der Waals surface area (Å²) in [5.41, 5.74) is 9.53. The van der Waals surface area contributed by atoms with Gasteiger partial charge in [0.05, 0.1) is 12.2 Å². The number of nitrogens with one attached hydrogen (secondary N) is 1. The van der Waals surface area contributed by atoms with Gasteiger partial charge in [-0.2, -0.15) is 0 Å². The summed E-state index contributed by atoms with van der Waals surface area (Å²) in [5.74, 6) is 0.995. The lowest BCUT2D eigenvalue weighted by molar-refractivity contribution is -0.368. The van der Waals surface area contributed by atoms with Crippen molar-refractivity contribution in [1.82, 2.24) is 14.9 Å². The number of aromatic nitrogens is 3. The van der Waals surface area contributed by atoms with Crippen LogP contribution in [0, 0.1) is 0 Å². The van der Waals surface area contributed by atoms with Crippen LogP contribution in [0.5, 0.6) is 0 Å². The van der Waals surface area contributed by atoms with Crippen molar-refractivity contribution in [1.29, 1.82) is 0 Å². The van der Waals surface area contributed by atoms with E-state index in [2.05, 4.69) is 54.8 Å². The molecule has 116 valence electrons. The number of fused-ring (bicyclic) bond motifs is 1. The van der Waals surface area contributed by atoms with E-state index in [-0.39, 0.29) is 0 Å². The Morgan fingerprint density at radius 3 is 2.73 bits per heavy atom. The third-order valence-corrected chi connectivity index (χ3v) is 4.88. The first-order chi connectivity index (χ1) is 10.8. The molecule has 1 aliphatic rings. The maximum Gasteiger partial charge on any atom is 0.214 e. The molecule has 1 aromatic heterocycles. The molecule has 4 N–H and O–H groups in total. The van der Waals surface area contributed by atoms with Crippen LogP contribution in [0.15, 0.2) is 39.3 Å². The van der Waals surface area contributed by atoms with Gasteiger partial charge in [0.25, 0.3) is 0 Å². The molecular formula is C15H19BrN5S+. The Kier molecular flexibility index (Phi) is 5.17. The van der Waals surface area contributed by atoms with Crippen molar-refractivity contribution in [2.24, 2.45) is 0 Å². The molecule has 1 aliphatic heterocycles. The summed E-state index contributed by atoms with van der Waals surface area (Å²) >= 11 is 5.07. The Balaban J connectivity index is 1.71. The molecule has 2 aromatic rings. The molecule has 0 spiro atoms. The monoisotopic (exact) mass is 380 g/mol. The Morgan fingerprint density at radius 1 is 1.14 bits per heavy atom. The summed E-state index contributed by atoms with van der Waals surface area (Å²) in [6, 6.07) is 8.27. The highest BCUT2D eigenvalue weighted by atomic mass is 79.9. The van der Waals surface area contributed by atoms with E-state index >= 15 is 0 Å². The number of quaternary nitrogens is 1. The van der Waals surface area contributed by atoms with Gasteiger partial charge < -0.3 is 5.73 Å². The molecule has 22 heavy (non-hydrogen) atoms. The predicted molar refractivity (Wildman–Crippen MR) is 92.7 cm³/mol. The third kappa shape index (κ3) is 3.53. The molecular weight excluding hydrogens is 362 g/mol. The number of thioether (sulfide) groups is 1. The van der Waals surface area contributed by atoms with Crippen molar-refractivity contribution in [3.63, 3.8) is 0 Å². The molecule has 7 heteroatoms. The lowest BCUT2D eigenvalue weighted by Gasteiger charge is -2.19. The largest absolute Gasteiger partial charge is 0.358 e. The van der Waals surface area contributed by atoms with E-state index in [1.165, 1.54) is 12.8 Å². The fraction of sp³-hybridized carbons (Fsp3) is 0.333. The molecule has 0 amide bonds. The zero-order valence-corrected chi connectivity index (χ0v) is 14.7. The number of nitrogens with zero attached hydrogens (tertiary/aromatic N) is 3. The number of rotatable bonds is 6. The first-order valence-corrected chi connectivity index (χ1v) is 9.08. The van der Waals surface area contributed by atoms with Crippen molar-refractivity contribution in [3.05, 3.63) is 45.5 Å². The molecule has 0 bridgehead atoms. The average Bonchev–Trinajstić information content (AvgIpc) is 2.95. The lowest BCUT2D eigenvalue weighted by Crippen LogP contribution is -2.50. The third-order valence-electron chi connectivity index (χ3n) is 3.52. The van der Waals surface area contributed by atoms with E-state index in [1.54, 1.807) is 11.8 Å². The number of hydrogen-bond acceptors (Lipinski definition) is 4. The molecule has 0 fully saturated rings. The highest BCUT2D eigenvalue weighted by Gasteiger charge is 2.18. The minimum Gasteiger partial charge on any atom is -0.358 e. The van der Waals surface area contributed by atoms with Crippen LogP contribution in [0.3, 0.4) is 0 Å².